The summed E-state index contributed by atoms with van der Waals surface area (Å²) in [7, 11) is 0. The molecule has 0 N–H and O–H groups in total. The third kappa shape index (κ3) is 3.29. The highest BCUT2D eigenvalue weighted by Gasteiger charge is 2.37. The third-order valence-corrected chi connectivity index (χ3v) is 6.91. The fourth-order valence-corrected chi connectivity index (χ4v) is 5.43. The average Bonchev–Trinajstić information content (AvgIpc) is 3.40. The number of nitrogens with zero attached hydrogens (tertiary/aromatic N) is 5. The normalized spacial score (nSPS) is 17.8. The molecule has 29 heavy (non-hydrogen) atoms. The fourth-order valence-electron chi connectivity index (χ4n) is 4.21. The van der Waals surface area contributed by atoms with Gasteiger partial charge in [0.1, 0.15) is 0 Å². The maximum atomic E-state index is 13.0. The first-order valence-corrected chi connectivity index (χ1v) is 10.4. The molecule has 0 radical (unpaired) electrons. The van der Waals surface area contributed by atoms with E-state index in [-0.39, 0.29) is 17.6 Å². The lowest BCUT2D eigenvalue weighted by Crippen LogP contribution is -2.38. The Labute approximate surface area is 168 Å². The van der Waals surface area contributed by atoms with Crippen LogP contribution in [0.4, 0.5) is 13.2 Å². The summed E-state index contributed by atoms with van der Waals surface area (Å²) >= 11 is 1.60. The maximum Gasteiger partial charge on any atom is 0.453 e. The number of thiophene rings is 1. The smallest absolute Gasteiger partial charge is 0.338 e. The summed E-state index contributed by atoms with van der Waals surface area (Å²) in [4.78, 5) is 24.2. The van der Waals surface area contributed by atoms with Crippen molar-refractivity contribution in [3.05, 3.63) is 45.2 Å². The van der Waals surface area contributed by atoms with Gasteiger partial charge in [-0.3, -0.25) is 4.79 Å². The van der Waals surface area contributed by atoms with Gasteiger partial charge in [0.05, 0.1) is 10.6 Å². The average molecular weight is 421 g/mol. The van der Waals surface area contributed by atoms with Gasteiger partial charge in [-0.25, -0.2) is 9.50 Å². The molecule has 3 aromatic heterocycles. The first-order valence-electron chi connectivity index (χ1n) is 9.60. The van der Waals surface area contributed by atoms with Crippen molar-refractivity contribution in [3.8, 4) is 0 Å². The second kappa shape index (κ2) is 6.79. The highest BCUT2D eigenvalue weighted by Crippen LogP contribution is 2.34. The van der Waals surface area contributed by atoms with Gasteiger partial charge in [0.25, 0.3) is 17.5 Å². The second-order valence-electron chi connectivity index (χ2n) is 7.49. The van der Waals surface area contributed by atoms with Crippen LogP contribution in [0.25, 0.3) is 5.78 Å². The van der Waals surface area contributed by atoms with E-state index in [4.69, 9.17) is 0 Å². The van der Waals surface area contributed by atoms with Crippen LogP contribution in [-0.4, -0.2) is 43.5 Å². The number of rotatable bonds is 2. The van der Waals surface area contributed by atoms with E-state index in [1.54, 1.807) is 17.4 Å². The summed E-state index contributed by atoms with van der Waals surface area (Å²) in [5, 5.41) is 3.63. The molecule has 2 aliphatic rings. The molecule has 3 aromatic rings. The maximum absolute atomic E-state index is 13.0. The zero-order valence-electron chi connectivity index (χ0n) is 15.4. The number of carbonyl (C=O) groups is 1. The predicted molar refractivity (Wildman–Crippen MR) is 100 cm³/mol. The van der Waals surface area contributed by atoms with E-state index >= 15 is 0 Å². The minimum atomic E-state index is -4.61. The van der Waals surface area contributed by atoms with Crippen LogP contribution in [0.1, 0.15) is 56.8 Å². The van der Waals surface area contributed by atoms with Gasteiger partial charge in [0, 0.05) is 30.1 Å². The molecule has 0 bridgehead atoms. The first kappa shape index (κ1) is 18.5. The molecular weight excluding hydrogens is 403 g/mol. The predicted octanol–water partition coefficient (Wildman–Crippen LogP) is 3.71. The number of hydrogen-bond acceptors (Lipinski definition) is 5. The number of amides is 1. The summed E-state index contributed by atoms with van der Waals surface area (Å²) < 4.78 is 40.0. The summed E-state index contributed by atoms with van der Waals surface area (Å²) in [5.74, 6) is -1.18. The Bertz CT molecular complexity index is 1060. The van der Waals surface area contributed by atoms with E-state index in [1.165, 1.54) is 27.6 Å². The van der Waals surface area contributed by atoms with Crippen LogP contribution in [0.5, 0.6) is 0 Å². The second-order valence-corrected chi connectivity index (χ2v) is 8.63. The van der Waals surface area contributed by atoms with Crippen molar-refractivity contribution in [2.75, 3.05) is 13.1 Å². The summed E-state index contributed by atoms with van der Waals surface area (Å²) in [6.45, 7) is 1.13. The van der Waals surface area contributed by atoms with Gasteiger partial charge in [-0.1, -0.05) is 0 Å². The number of alkyl halides is 3. The van der Waals surface area contributed by atoms with Crippen LogP contribution in [0.15, 0.2) is 18.3 Å². The lowest BCUT2D eigenvalue weighted by atomic mass is 9.93. The molecule has 1 amide bonds. The van der Waals surface area contributed by atoms with Gasteiger partial charge in [-0.05, 0) is 49.8 Å². The molecule has 1 saturated heterocycles. The quantitative estimate of drug-likeness (QED) is 0.633. The topological polar surface area (TPSA) is 63.4 Å². The highest BCUT2D eigenvalue weighted by atomic mass is 32.1. The van der Waals surface area contributed by atoms with Crippen LogP contribution in [0, 0.1) is 0 Å². The fraction of sp³-hybridized carbons (Fsp3) is 0.474. The van der Waals surface area contributed by atoms with Gasteiger partial charge in [-0.15, -0.1) is 16.4 Å². The number of carbonyl (C=O) groups excluding carboxylic acids is 1. The van der Waals surface area contributed by atoms with Crippen LogP contribution < -0.4 is 0 Å². The molecule has 5 rings (SSSR count). The van der Waals surface area contributed by atoms with E-state index in [1.807, 2.05) is 11.0 Å². The van der Waals surface area contributed by atoms with Crippen molar-refractivity contribution in [2.24, 2.45) is 0 Å². The van der Waals surface area contributed by atoms with Crippen molar-refractivity contribution in [3.63, 3.8) is 0 Å². The number of likely N-dealkylation sites (tertiary alicyclic amines) is 1. The number of piperidine rings is 1. The SMILES string of the molecule is O=C(c1cc2c(s1)CCC2)N1CCC(c2ccnc3nc(C(F)(F)F)nn23)CC1. The van der Waals surface area contributed by atoms with Crippen LogP contribution in [0.3, 0.4) is 0 Å². The van der Waals surface area contributed by atoms with Gasteiger partial charge < -0.3 is 4.90 Å². The van der Waals surface area contributed by atoms with Crippen LogP contribution >= 0.6 is 11.3 Å². The molecule has 152 valence electrons. The zero-order valence-corrected chi connectivity index (χ0v) is 16.3. The standard InChI is InChI=1S/C19H18F3N5OS/c20-19(21,22)17-24-18-23-7-4-13(27(18)25-17)11-5-8-26(9-6-11)16(28)15-10-12-2-1-3-14(12)29-15/h4,7,10-11H,1-3,5-6,8-9H2. The van der Waals surface area contributed by atoms with Crippen molar-refractivity contribution in [1.82, 2.24) is 24.5 Å². The van der Waals surface area contributed by atoms with Gasteiger partial charge >= 0.3 is 6.18 Å². The molecule has 0 saturated carbocycles. The third-order valence-electron chi connectivity index (χ3n) is 5.68. The first-order chi connectivity index (χ1) is 13.9. The lowest BCUT2D eigenvalue weighted by molar-refractivity contribution is -0.144. The lowest BCUT2D eigenvalue weighted by Gasteiger charge is -2.31. The Kier molecular flexibility index (Phi) is 4.34. The Balaban J connectivity index is 1.32. The summed E-state index contributed by atoms with van der Waals surface area (Å²) in [6.07, 6.45) is 1.46. The molecule has 0 aromatic carbocycles. The zero-order chi connectivity index (χ0) is 20.2. The Hall–Kier alpha value is -2.49. The van der Waals surface area contributed by atoms with Gasteiger partial charge in [0.2, 0.25) is 0 Å². The minimum absolute atomic E-state index is 0.000625. The molecule has 10 heteroatoms. The van der Waals surface area contributed by atoms with Crippen molar-refractivity contribution in [1.29, 1.82) is 0 Å². The minimum Gasteiger partial charge on any atom is -0.338 e. The summed E-state index contributed by atoms with van der Waals surface area (Å²) in [5.41, 5.74) is 1.96. The molecule has 0 atom stereocenters. The van der Waals surface area contributed by atoms with Crippen LogP contribution in [-0.2, 0) is 19.0 Å². The molecule has 1 aliphatic carbocycles. The molecule has 6 nitrogen and oxygen atoms in total. The molecule has 1 aliphatic heterocycles. The number of hydrogen-bond donors (Lipinski definition) is 0. The number of fused-ring (bicyclic) bond motifs is 2. The number of halogens is 3. The largest absolute Gasteiger partial charge is 0.453 e. The highest BCUT2D eigenvalue weighted by molar-refractivity contribution is 7.14. The van der Waals surface area contributed by atoms with Crippen molar-refractivity contribution in [2.45, 2.75) is 44.2 Å². The molecular formula is C19H18F3N5OS. The van der Waals surface area contributed by atoms with Crippen LogP contribution in [0.2, 0.25) is 0 Å². The van der Waals surface area contributed by atoms with E-state index in [0.29, 0.717) is 31.6 Å². The van der Waals surface area contributed by atoms with E-state index in [9.17, 15) is 18.0 Å². The summed E-state index contributed by atoms with van der Waals surface area (Å²) in [6, 6.07) is 3.72. The Morgan fingerprint density at radius 2 is 2.00 bits per heavy atom. The molecule has 0 unspecified atom stereocenters. The van der Waals surface area contributed by atoms with Crippen molar-refractivity contribution >= 4 is 23.0 Å². The van der Waals surface area contributed by atoms with Crippen molar-refractivity contribution < 1.29 is 18.0 Å². The van der Waals surface area contributed by atoms with E-state index < -0.39 is 12.0 Å². The van der Waals surface area contributed by atoms with E-state index in [0.717, 1.165) is 17.7 Å². The molecule has 4 heterocycles. The van der Waals surface area contributed by atoms with Gasteiger partial charge in [0.15, 0.2) is 0 Å². The van der Waals surface area contributed by atoms with Gasteiger partial charge in [-0.2, -0.15) is 18.2 Å². The molecule has 1 fully saturated rings. The van der Waals surface area contributed by atoms with E-state index in [2.05, 4.69) is 15.1 Å². The Morgan fingerprint density at radius 1 is 1.21 bits per heavy atom. The number of aromatic nitrogens is 4. The monoisotopic (exact) mass is 421 g/mol. The Morgan fingerprint density at radius 3 is 2.72 bits per heavy atom. The molecule has 0 spiro atoms. The number of aryl methyl sites for hydroxylation is 2.